The monoisotopic (exact) mass is 366 g/mol. The third-order valence-electron chi connectivity index (χ3n) is 5.78. The van der Waals surface area contributed by atoms with Gasteiger partial charge in [-0.05, 0) is 46.5 Å². The third kappa shape index (κ3) is 4.60. The Morgan fingerprint density at radius 3 is 2.31 bits per heavy atom. The SMILES string of the molecule is CC(C)CCCCC1OC2(CC(C)(C)NC(C)(C)C2)C(=O)N1CC1CO1. The molecule has 2 unspecified atom stereocenters. The molecule has 0 aromatic carbocycles. The number of hydrogen-bond acceptors (Lipinski definition) is 4. The number of hydrogen-bond donors (Lipinski definition) is 1. The molecular formula is C21H38N2O3. The molecule has 0 radical (unpaired) electrons. The Morgan fingerprint density at radius 2 is 1.77 bits per heavy atom. The zero-order chi connectivity index (χ0) is 19.2. The Hall–Kier alpha value is -0.650. The zero-order valence-electron chi connectivity index (χ0n) is 17.6. The van der Waals surface area contributed by atoms with Crippen molar-refractivity contribution in [1.29, 1.82) is 0 Å². The van der Waals surface area contributed by atoms with Crippen LogP contribution in [0.15, 0.2) is 0 Å². The lowest BCUT2D eigenvalue weighted by Crippen LogP contribution is -2.65. The minimum Gasteiger partial charge on any atom is -0.371 e. The summed E-state index contributed by atoms with van der Waals surface area (Å²) in [7, 11) is 0. The highest BCUT2D eigenvalue weighted by molar-refractivity contribution is 5.87. The number of ether oxygens (including phenoxy) is 2. The van der Waals surface area contributed by atoms with Gasteiger partial charge in [0.15, 0.2) is 5.60 Å². The number of nitrogens with one attached hydrogen (secondary N) is 1. The van der Waals surface area contributed by atoms with Crippen LogP contribution in [-0.2, 0) is 14.3 Å². The maximum Gasteiger partial charge on any atom is 0.257 e. The van der Waals surface area contributed by atoms with E-state index >= 15 is 0 Å². The minimum atomic E-state index is -0.685. The Kier molecular flexibility index (Phi) is 5.46. The maximum atomic E-state index is 13.5. The van der Waals surface area contributed by atoms with Crippen molar-refractivity contribution in [2.24, 2.45) is 5.92 Å². The Morgan fingerprint density at radius 1 is 1.15 bits per heavy atom. The van der Waals surface area contributed by atoms with Crippen molar-refractivity contribution in [2.75, 3.05) is 13.2 Å². The van der Waals surface area contributed by atoms with Gasteiger partial charge < -0.3 is 19.7 Å². The average Bonchev–Trinajstić information content (AvgIpc) is 3.24. The van der Waals surface area contributed by atoms with Gasteiger partial charge in [-0.15, -0.1) is 0 Å². The van der Waals surface area contributed by atoms with Crippen LogP contribution in [0.2, 0.25) is 0 Å². The normalized spacial score (nSPS) is 31.8. The lowest BCUT2D eigenvalue weighted by Gasteiger charge is -2.49. The van der Waals surface area contributed by atoms with Crippen LogP contribution in [0.1, 0.15) is 80.1 Å². The summed E-state index contributed by atoms with van der Waals surface area (Å²) in [5.74, 6) is 0.916. The summed E-state index contributed by atoms with van der Waals surface area (Å²) in [4.78, 5) is 15.5. The molecule has 1 N–H and O–H groups in total. The van der Waals surface area contributed by atoms with Gasteiger partial charge in [0, 0.05) is 23.9 Å². The molecule has 3 fully saturated rings. The molecule has 3 aliphatic rings. The first-order valence-corrected chi connectivity index (χ1v) is 10.4. The fourth-order valence-corrected chi connectivity index (χ4v) is 5.18. The van der Waals surface area contributed by atoms with Crippen LogP contribution >= 0.6 is 0 Å². The molecule has 0 aromatic rings. The van der Waals surface area contributed by atoms with Gasteiger partial charge in [0.05, 0.1) is 19.3 Å². The fourth-order valence-electron chi connectivity index (χ4n) is 5.18. The summed E-state index contributed by atoms with van der Waals surface area (Å²) in [5.41, 5.74) is -0.923. The van der Waals surface area contributed by atoms with Crippen LogP contribution in [0.25, 0.3) is 0 Å². The van der Waals surface area contributed by atoms with Crippen molar-refractivity contribution in [3.05, 3.63) is 0 Å². The van der Waals surface area contributed by atoms with E-state index in [4.69, 9.17) is 9.47 Å². The molecule has 0 bridgehead atoms. The van der Waals surface area contributed by atoms with E-state index in [1.54, 1.807) is 0 Å². The molecule has 3 aliphatic heterocycles. The highest BCUT2D eigenvalue weighted by Crippen LogP contribution is 2.45. The van der Waals surface area contributed by atoms with Crippen LogP contribution in [-0.4, -0.2) is 53.0 Å². The second-order valence-corrected chi connectivity index (χ2v) is 10.4. The summed E-state index contributed by atoms with van der Waals surface area (Å²) in [5, 5.41) is 3.68. The Balaban J connectivity index is 1.73. The minimum absolute atomic E-state index is 0.0939. The maximum absolute atomic E-state index is 13.5. The average molecular weight is 367 g/mol. The number of nitrogens with zero attached hydrogens (tertiary/aromatic N) is 1. The Labute approximate surface area is 159 Å². The summed E-state index contributed by atoms with van der Waals surface area (Å²) in [6.07, 6.45) is 6.05. The molecule has 3 rings (SSSR count). The van der Waals surface area contributed by atoms with Crippen molar-refractivity contribution in [2.45, 2.75) is 109 Å². The molecule has 3 heterocycles. The van der Waals surface area contributed by atoms with Gasteiger partial charge in [0.2, 0.25) is 0 Å². The highest BCUT2D eigenvalue weighted by Gasteiger charge is 2.60. The van der Waals surface area contributed by atoms with Crippen molar-refractivity contribution in [3.8, 4) is 0 Å². The van der Waals surface area contributed by atoms with Crippen molar-refractivity contribution in [1.82, 2.24) is 10.2 Å². The van der Waals surface area contributed by atoms with Gasteiger partial charge >= 0.3 is 0 Å². The number of amides is 1. The number of rotatable bonds is 7. The molecular weight excluding hydrogens is 328 g/mol. The molecule has 0 aliphatic carbocycles. The van der Waals surface area contributed by atoms with E-state index in [1.807, 2.05) is 4.90 Å². The van der Waals surface area contributed by atoms with Crippen molar-refractivity contribution >= 4 is 5.91 Å². The molecule has 26 heavy (non-hydrogen) atoms. The number of epoxide rings is 1. The van der Waals surface area contributed by atoms with Crippen molar-refractivity contribution in [3.63, 3.8) is 0 Å². The number of piperidine rings is 1. The first-order valence-electron chi connectivity index (χ1n) is 10.4. The van der Waals surface area contributed by atoms with E-state index in [1.165, 1.54) is 12.8 Å². The van der Waals surface area contributed by atoms with E-state index < -0.39 is 5.60 Å². The largest absolute Gasteiger partial charge is 0.371 e. The quantitative estimate of drug-likeness (QED) is 0.554. The second kappa shape index (κ2) is 7.06. The van der Waals surface area contributed by atoms with E-state index in [0.29, 0.717) is 6.54 Å². The first-order chi connectivity index (χ1) is 12.0. The van der Waals surface area contributed by atoms with Crippen LogP contribution < -0.4 is 5.32 Å². The van der Waals surface area contributed by atoms with Crippen LogP contribution in [0.5, 0.6) is 0 Å². The number of carbonyl (C=O) groups is 1. The van der Waals surface area contributed by atoms with E-state index in [0.717, 1.165) is 38.2 Å². The van der Waals surface area contributed by atoms with E-state index in [2.05, 4.69) is 46.9 Å². The summed E-state index contributed by atoms with van der Waals surface area (Å²) in [6.45, 7) is 14.7. The second-order valence-electron chi connectivity index (χ2n) is 10.4. The lowest BCUT2D eigenvalue weighted by molar-refractivity contribution is -0.147. The molecule has 1 amide bonds. The van der Waals surface area contributed by atoms with Gasteiger partial charge in [0.25, 0.3) is 5.91 Å². The first kappa shape index (κ1) is 20.1. The summed E-state index contributed by atoms with van der Waals surface area (Å²) >= 11 is 0. The summed E-state index contributed by atoms with van der Waals surface area (Å²) in [6, 6.07) is 0. The highest BCUT2D eigenvalue weighted by atomic mass is 16.6. The standard InChI is InChI=1S/C21H38N2O3/c1-15(2)9-7-8-10-17-23(11-16-12-25-16)18(24)21(26-17)13-19(3,4)22-20(5,6)14-21/h15-17,22H,7-14H2,1-6H3. The predicted octanol–water partition coefficient (Wildman–Crippen LogP) is 3.47. The van der Waals surface area contributed by atoms with Gasteiger partial charge in [-0.25, -0.2) is 0 Å². The van der Waals surface area contributed by atoms with Crippen LogP contribution in [0.4, 0.5) is 0 Å². The fraction of sp³-hybridized carbons (Fsp3) is 0.952. The molecule has 2 atom stereocenters. The molecule has 5 heteroatoms. The van der Waals surface area contributed by atoms with Crippen LogP contribution in [0.3, 0.4) is 0 Å². The predicted molar refractivity (Wildman–Crippen MR) is 103 cm³/mol. The van der Waals surface area contributed by atoms with Gasteiger partial charge in [-0.2, -0.15) is 0 Å². The van der Waals surface area contributed by atoms with Gasteiger partial charge in [-0.3, -0.25) is 4.79 Å². The van der Waals surface area contributed by atoms with Crippen molar-refractivity contribution < 1.29 is 14.3 Å². The van der Waals surface area contributed by atoms with Crippen LogP contribution in [0, 0.1) is 5.92 Å². The van der Waals surface area contributed by atoms with E-state index in [-0.39, 0.29) is 29.3 Å². The molecule has 0 aromatic heterocycles. The summed E-state index contributed by atoms with van der Waals surface area (Å²) < 4.78 is 12.0. The molecule has 1 spiro atoms. The number of carbonyl (C=O) groups excluding carboxylic acids is 1. The molecule has 5 nitrogen and oxygen atoms in total. The van der Waals surface area contributed by atoms with E-state index in [9.17, 15) is 4.79 Å². The molecule has 0 saturated carbocycles. The smallest absolute Gasteiger partial charge is 0.257 e. The van der Waals surface area contributed by atoms with Gasteiger partial charge in [-0.1, -0.05) is 26.7 Å². The molecule has 3 saturated heterocycles. The topological polar surface area (TPSA) is 54.1 Å². The third-order valence-corrected chi connectivity index (χ3v) is 5.78. The number of unbranched alkanes of at least 4 members (excludes halogenated alkanes) is 1. The Bertz CT molecular complexity index is 509. The zero-order valence-corrected chi connectivity index (χ0v) is 17.6. The lowest BCUT2D eigenvalue weighted by atomic mass is 9.72. The van der Waals surface area contributed by atoms with Gasteiger partial charge in [0.1, 0.15) is 6.23 Å². The molecule has 150 valence electrons.